The van der Waals surface area contributed by atoms with E-state index in [4.69, 9.17) is 5.11 Å². The predicted molar refractivity (Wildman–Crippen MR) is 51.8 cm³/mol. The fourth-order valence-corrected chi connectivity index (χ4v) is 1.40. The number of hydrogen-bond donors (Lipinski definition) is 1. The minimum absolute atomic E-state index is 0.0295. The van der Waals surface area contributed by atoms with Crippen LogP contribution in [0.2, 0.25) is 0 Å². The van der Waals surface area contributed by atoms with E-state index in [2.05, 4.69) is 0 Å². The first kappa shape index (κ1) is 13.9. The van der Waals surface area contributed by atoms with Crippen LogP contribution in [0.4, 0.5) is 22.0 Å². The van der Waals surface area contributed by atoms with Gasteiger partial charge in [0, 0.05) is 5.56 Å². The minimum atomic E-state index is -5.61. The van der Waals surface area contributed by atoms with Crippen LogP contribution in [0.3, 0.4) is 0 Å². The summed E-state index contributed by atoms with van der Waals surface area (Å²) in [4.78, 5) is 0. The van der Waals surface area contributed by atoms with Gasteiger partial charge in [-0.1, -0.05) is 18.2 Å². The normalized spacial score (nSPS) is 14.8. The van der Waals surface area contributed by atoms with Crippen molar-refractivity contribution >= 4 is 0 Å². The maximum Gasteiger partial charge on any atom is 0.458 e. The number of halogens is 5. The number of rotatable bonds is 3. The molecule has 1 aromatic carbocycles. The summed E-state index contributed by atoms with van der Waals surface area (Å²) in [5.41, 5.74) is -0.871. The second-order valence-corrected chi connectivity index (χ2v) is 3.83. The molecule has 0 saturated carbocycles. The highest BCUT2D eigenvalue weighted by Gasteiger charge is 2.58. The molecule has 1 atom stereocenters. The summed E-state index contributed by atoms with van der Waals surface area (Å²) in [6.07, 6.45) is -6.39. The number of aliphatic hydroxyl groups is 1. The van der Waals surface area contributed by atoms with Gasteiger partial charge in [0.05, 0.1) is 6.10 Å². The van der Waals surface area contributed by atoms with Gasteiger partial charge in [0.1, 0.15) is 0 Å². The van der Waals surface area contributed by atoms with E-state index in [1.165, 1.54) is 13.0 Å². The molecule has 0 amide bonds. The molecule has 1 aromatic rings. The number of hydrogen-bond acceptors (Lipinski definition) is 1. The SMILES string of the molecule is C[C@H](O)Cc1cccc(C(F)(F)C(F)(F)F)c1. The Hall–Kier alpha value is -1.17. The summed E-state index contributed by atoms with van der Waals surface area (Å²) in [6, 6.07) is 3.99. The zero-order valence-corrected chi connectivity index (χ0v) is 8.93. The van der Waals surface area contributed by atoms with Crippen LogP contribution in [-0.2, 0) is 12.3 Å². The summed E-state index contributed by atoms with van der Waals surface area (Å²) in [5, 5.41) is 9.05. The monoisotopic (exact) mass is 254 g/mol. The van der Waals surface area contributed by atoms with Crippen molar-refractivity contribution in [3.8, 4) is 0 Å². The molecule has 0 spiro atoms. The van der Waals surface area contributed by atoms with E-state index in [1.54, 1.807) is 0 Å². The van der Waals surface area contributed by atoms with Gasteiger partial charge < -0.3 is 5.11 Å². The molecule has 17 heavy (non-hydrogen) atoms. The van der Waals surface area contributed by atoms with Crippen molar-refractivity contribution in [2.45, 2.75) is 31.5 Å². The number of aliphatic hydroxyl groups excluding tert-OH is 1. The lowest BCUT2D eigenvalue weighted by molar-refractivity contribution is -0.289. The van der Waals surface area contributed by atoms with Crippen molar-refractivity contribution < 1.29 is 27.1 Å². The second kappa shape index (κ2) is 4.60. The van der Waals surface area contributed by atoms with Crippen molar-refractivity contribution in [1.82, 2.24) is 0 Å². The van der Waals surface area contributed by atoms with Gasteiger partial charge in [-0.3, -0.25) is 0 Å². The van der Waals surface area contributed by atoms with E-state index in [0.29, 0.717) is 0 Å². The standard InChI is InChI=1S/C11H11F5O/c1-7(17)5-8-3-2-4-9(6-8)10(12,13)11(14,15)16/h2-4,6-7,17H,5H2,1H3/t7-/m0/s1. The highest BCUT2D eigenvalue weighted by Crippen LogP contribution is 2.43. The lowest BCUT2D eigenvalue weighted by Gasteiger charge is -2.20. The Balaban J connectivity index is 3.07. The van der Waals surface area contributed by atoms with Gasteiger partial charge >= 0.3 is 12.1 Å². The van der Waals surface area contributed by atoms with Gasteiger partial charge in [0.2, 0.25) is 0 Å². The molecule has 1 rings (SSSR count). The lowest BCUT2D eigenvalue weighted by Crippen LogP contribution is -2.33. The summed E-state index contributed by atoms with van der Waals surface area (Å²) in [5.74, 6) is -4.87. The molecular weight excluding hydrogens is 243 g/mol. The van der Waals surface area contributed by atoms with E-state index in [9.17, 15) is 22.0 Å². The van der Waals surface area contributed by atoms with E-state index >= 15 is 0 Å². The molecule has 0 aliphatic carbocycles. The molecule has 0 bridgehead atoms. The molecular formula is C11H11F5O. The predicted octanol–water partition coefficient (Wildman–Crippen LogP) is 3.26. The van der Waals surface area contributed by atoms with Crippen LogP contribution in [0.25, 0.3) is 0 Å². The average molecular weight is 254 g/mol. The summed E-state index contributed by atoms with van der Waals surface area (Å²) >= 11 is 0. The van der Waals surface area contributed by atoms with Gasteiger partial charge in [-0.25, -0.2) is 0 Å². The maximum atomic E-state index is 13.0. The molecule has 0 aromatic heterocycles. The quantitative estimate of drug-likeness (QED) is 0.821. The minimum Gasteiger partial charge on any atom is -0.393 e. The van der Waals surface area contributed by atoms with E-state index in [0.717, 1.165) is 18.2 Å². The van der Waals surface area contributed by atoms with Gasteiger partial charge in [-0.05, 0) is 25.0 Å². The van der Waals surface area contributed by atoms with E-state index < -0.39 is 23.8 Å². The molecule has 0 heterocycles. The highest BCUT2D eigenvalue weighted by atomic mass is 19.4. The maximum absolute atomic E-state index is 13.0. The molecule has 0 aliphatic heterocycles. The zero-order chi connectivity index (χ0) is 13.3. The van der Waals surface area contributed by atoms with Crippen LogP contribution in [0.15, 0.2) is 24.3 Å². The largest absolute Gasteiger partial charge is 0.458 e. The van der Waals surface area contributed by atoms with Crippen LogP contribution in [0, 0.1) is 0 Å². The third-order valence-electron chi connectivity index (χ3n) is 2.18. The molecule has 0 fully saturated rings. The van der Waals surface area contributed by atoms with Gasteiger partial charge in [-0.2, -0.15) is 22.0 Å². The molecule has 0 saturated heterocycles. The van der Waals surface area contributed by atoms with Crippen molar-refractivity contribution in [3.05, 3.63) is 35.4 Å². The van der Waals surface area contributed by atoms with Crippen LogP contribution < -0.4 is 0 Å². The zero-order valence-electron chi connectivity index (χ0n) is 8.93. The van der Waals surface area contributed by atoms with E-state index in [1.807, 2.05) is 0 Å². The first-order valence-corrected chi connectivity index (χ1v) is 4.86. The fraction of sp³-hybridized carbons (Fsp3) is 0.455. The topological polar surface area (TPSA) is 20.2 Å². The van der Waals surface area contributed by atoms with E-state index in [-0.39, 0.29) is 12.0 Å². The molecule has 6 heteroatoms. The molecule has 0 unspecified atom stereocenters. The van der Waals surface area contributed by atoms with Gasteiger partial charge in [-0.15, -0.1) is 0 Å². The third-order valence-corrected chi connectivity index (χ3v) is 2.18. The van der Waals surface area contributed by atoms with Gasteiger partial charge in [0.25, 0.3) is 0 Å². The molecule has 1 nitrogen and oxygen atoms in total. The fourth-order valence-electron chi connectivity index (χ4n) is 1.40. The Morgan fingerprint density at radius 2 is 1.76 bits per heavy atom. The first-order valence-electron chi connectivity index (χ1n) is 4.86. The summed E-state index contributed by atoms with van der Waals surface area (Å²) in [6.45, 7) is 1.43. The smallest absolute Gasteiger partial charge is 0.393 e. The van der Waals surface area contributed by atoms with Crippen LogP contribution >= 0.6 is 0 Å². The van der Waals surface area contributed by atoms with Crippen LogP contribution in [-0.4, -0.2) is 17.4 Å². The second-order valence-electron chi connectivity index (χ2n) is 3.83. The Bertz CT molecular complexity index is 384. The highest BCUT2D eigenvalue weighted by molar-refractivity contribution is 5.28. The molecule has 0 radical (unpaired) electrons. The van der Waals surface area contributed by atoms with Crippen molar-refractivity contribution in [2.75, 3.05) is 0 Å². The Kier molecular flexibility index (Phi) is 3.76. The summed E-state index contributed by atoms with van der Waals surface area (Å²) in [7, 11) is 0. The Labute approximate surface area is 94.9 Å². The van der Waals surface area contributed by atoms with Crippen molar-refractivity contribution in [1.29, 1.82) is 0 Å². The average Bonchev–Trinajstić information content (AvgIpc) is 2.15. The van der Waals surface area contributed by atoms with Crippen molar-refractivity contribution in [3.63, 3.8) is 0 Å². The third kappa shape index (κ3) is 3.15. The molecule has 0 aliphatic rings. The number of benzene rings is 1. The molecule has 1 N–H and O–H groups in total. The van der Waals surface area contributed by atoms with Gasteiger partial charge in [0.15, 0.2) is 0 Å². The lowest BCUT2D eigenvalue weighted by atomic mass is 10.0. The van der Waals surface area contributed by atoms with Crippen LogP contribution in [0.5, 0.6) is 0 Å². The number of alkyl halides is 5. The molecule has 96 valence electrons. The Morgan fingerprint density at radius 3 is 2.24 bits per heavy atom. The summed E-state index contributed by atoms with van der Waals surface area (Å²) < 4.78 is 62.3. The van der Waals surface area contributed by atoms with Crippen molar-refractivity contribution in [2.24, 2.45) is 0 Å². The first-order chi connectivity index (χ1) is 7.64. The Morgan fingerprint density at radius 1 is 1.18 bits per heavy atom. The van der Waals surface area contributed by atoms with Crippen LogP contribution in [0.1, 0.15) is 18.1 Å².